The second kappa shape index (κ2) is 4.13. The average molecular weight is 199 g/mol. The zero-order valence-corrected chi connectivity index (χ0v) is 8.63. The fraction of sp³-hybridized carbons (Fsp3) is 0.154. The van der Waals surface area contributed by atoms with E-state index < -0.39 is 0 Å². The van der Waals surface area contributed by atoms with Crippen LogP contribution in [0.3, 0.4) is 0 Å². The summed E-state index contributed by atoms with van der Waals surface area (Å²) in [6, 6.07) is 9.21. The molecule has 0 saturated heterocycles. The highest BCUT2D eigenvalue weighted by Gasteiger charge is 2.20. The number of rotatable bonds is 2. The van der Waals surface area contributed by atoms with Gasteiger partial charge in [-0.1, -0.05) is 42.5 Å². The highest BCUT2D eigenvalue weighted by Crippen LogP contribution is 2.12. The zero-order chi connectivity index (χ0) is 10.7. The Morgan fingerprint density at radius 3 is 2.60 bits per heavy atom. The summed E-state index contributed by atoms with van der Waals surface area (Å²) in [7, 11) is 1.91. The van der Waals surface area contributed by atoms with E-state index in [-0.39, 0.29) is 11.8 Å². The van der Waals surface area contributed by atoms with E-state index in [0.29, 0.717) is 0 Å². The largest absolute Gasteiger partial charge is 0.367 e. The van der Waals surface area contributed by atoms with Gasteiger partial charge in [0.1, 0.15) is 6.04 Å². The van der Waals surface area contributed by atoms with Gasteiger partial charge in [0.25, 0.3) is 0 Å². The Morgan fingerprint density at radius 2 is 1.93 bits per heavy atom. The number of allylic oxidation sites excluding steroid dienone is 2. The molecule has 1 aromatic rings. The second-order valence-electron chi connectivity index (χ2n) is 3.57. The Balaban J connectivity index is 2.22. The summed E-state index contributed by atoms with van der Waals surface area (Å²) in [5.74, 6) is 0.138. The third kappa shape index (κ3) is 1.99. The molecule has 15 heavy (non-hydrogen) atoms. The maximum Gasteiger partial charge on any atom is 0.189 e. The normalized spacial score (nSPS) is 19.3. The predicted octanol–water partition coefficient (Wildman–Crippen LogP) is 2.25. The van der Waals surface area contributed by atoms with Crippen LogP contribution < -0.4 is 0 Å². The molecule has 2 nitrogen and oxygen atoms in total. The van der Waals surface area contributed by atoms with E-state index in [2.05, 4.69) is 0 Å². The molecule has 0 aliphatic carbocycles. The van der Waals surface area contributed by atoms with Gasteiger partial charge in [0.2, 0.25) is 0 Å². The van der Waals surface area contributed by atoms with Crippen molar-refractivity contribution in [3.05, 3.63) is 60.3 Å². The number of ketones is 1. The van der Waals surface area contributed by atoms with Gasteiger partial charge in [-0.05, 0) is 12.3 Å². The first-order valence-electron chi connectivity index (χ1n) is 4.95. The Bertz CT molecular complexity index is 406. The molecule has 0 bridgehead atoms. The minimum Gasteiger partial charge on any atom is -0.367 e. The Labute approximate surface area is 89.5 Å². The van der Waals surface area contributed by atoms with Crippen LogP contribution in [0, 0.1) is 0 Å². The fourth-order valence-corrected chi connectivity index (χ4v) is 1.63. The smallest absolute Gasteiger partial charge is 0.189 e. The van der Waals surface area contributed by atoms with Crippen LogP contribution in [0.25, 0.3) is 0 Å². The third-order valence-corrected chi connectivity index (χ3v) is 2.49. The van der Waals surface area contributed by atoms with Crippen molar-refractivity contribution in [3.63, 3.8) is 0 Å². The van der Waals surface area contributed by atoms with Crippen LogP contribution in [-0.2, 0) is 0 Å². The van der Waals surface area contributed by atoms with Gasteiger partial charge in [-0.25, -0.2) is 0 Å². The third-order valence-electron chi connectivity index (χ3n) is 2.49. The molecule has 1 atom stereocenters. The number of hydrogen-bond donors (Lipinski definition) is 0. The lowest BCUT2D eigenvalue weighted by Gasteiger charge is -2.24. The monoisotopic (exact) mass is 199 g/mol. The summed E-state index contributed by atoms with van der Waals surface area (Å²) in [4.78, 5) is 14.0. The lowest BCUT2D eigenvalue weighted by Crippen LogP contribution is -2.34. The summed E-state index contributed by atoms with van der Waals surface area (Å²) in [5, 5.41) is 0. The molecule has 2 rings (SSSR count). The van der Waals surface area contributed by atoms with Gasteiger partial charge in [0, 0.05) is 12.6 Å². The quantitative estimate of drug-likeness (QED) is 0.681. The van der Waals surface area contributed by atoms with Gasteiger partial charge < -0.3 is 4.90 Å². The number of Topliss-reactive ketones (excluding diaryl/α,β-unsaturated/α-hetero) is 1. The maximum atomic E-state index is 12.1. The summed E-state index contributed by atoms with van der Waals surface area (Å²) >= 11 is 0. The van der Waals surface area contributed by atoms with E-state index >= 15 is 0 Å². The molecule has 0 fully saturated rings. The summed E-state index contributed by atoms with van der Waals surface area (Å²) in [6.45, 7) is 0. The molecule has 1 aliphatic rings. The molecule has 2 heteroatoms. The van der Waals surface area contributed by atoms with Gasteiger partial charge in [0.15, 0.2) is 5.78 Å². The number of carbonyl (C=O) groups is 1. The molecule has 0 radical (unpaired) electrons. The second-order valence-corrected chi connectivity index (χ2v) is 3.57. The molecular weight excluding hydrogens is 186 g/mol. The van der Waals surface area contributed by atoms with Crippen molar-refractivity contribution in [1.82, 2.24) is 4.90 Å². The molecule has 0 saturated carbocycles. The number of benzene rings is 1. The Hall–Kier alpha value is -1.83. The predicted molar refractivity (Wildman–Crippen MR) is 60.6 cm³/mol. The van der Waals surface area contributed by atoms with Crippen molar-refractivity contribution in [1.29, 1.82) is 0 Å². The SMILES string of the molecule is CN1C=CC=CC1C(=O)c1ccccc1. The van der Waals surface area contributed by atoms with Crippen LogP contribution >= 0.6 is 0 Å². The summed E-state index contributed by atoms with van der Waals surface area (Å²) in [6.07, 6.45) is 7.65. The molecule has 0 aromatic heterocycles. The molecule has 0 N–H and O–H groups in total. The van der Waals surface area contributed by atoms with Crippen molar-refractivity contribution in [2.24, 2.45) is 0 Å². The van der Waals surface area contributed by atoms with Crippen LogP contribution in [0.4, 0.5) is 0 Å². The molecule has 1 unspecified atom stereocenters. The van der Waals surface area contributed by atoms with Crippen LogP contribution in [0.5, 0.6) is 0 Å². The van der Waals surface area contributed by atoms with Crippen molar-refractivity contribution < 1.29 is 4.79 Å². The highest BCUT2D eigenvalue weighted by molar-refractivity contribution is 6.01. The summed E-state index contributed by atoms with van der Waals surface area (Å²) in [5.41, 5.74) is 0.759. The number of likely N-dealkylation sites (N-methyl/N-ethyl adjacent to an activating group) is 1. The number of hydrogen-bond acceptors (Lipinski definition) is 2. The van der Waals surface area contributed by atoms with Crippen molar-refractivity contribution in [2.75, 3.05) is 7.05 Å². The molecule has 1 aromatic carbocycles. The minimum absolute atomic E-state index is 0.138. The maximum absolute atomic E-state index is 12.1. The van der Waals surface area contributed by atoms with Gasteiger partial charge in [0.05, 0.1) is 0 Å². The highest BCUT2D eigenvalue weighted by atomic mass is 16.1. The van der Waals surface area contributed by atoms with Gasteiger partial charge in [-0.2, -0.15) is 0 Å². The average Bonchev–Trinajstić information content (AvgIpc) is 2.30. The lowest BCUT2D eigenvalue weighted by atomic mass is 10.0. The molecule has 0 amide bonds. The Morgan fingerprint density at radius 1 is 1.20 bits per heavy atom. The van der Waals surface area contributed by atoms with E-state index in [1.807, 2.05) is 66.7 Å². The molecule has 1 heterocycles. The zero-order valence-electron chi connectivity index (χ0n) is 8.63. The van der Waals surface area contributed by atoms with E-state index in [0.717, 1.165) is 5.56 Å². The van der Waals surface area contributed by atoms with E-state index in [4.69, 9.17) is 0 Å². The fourth-order valence-electron chi connectivity index (χ4n) is 1.63. The number of carbonyl (C=O) groups excluding carboxylic acids is 1. The van der Waals surface area contributed by atoms with Gasteiger partial charge >= 0.3 is 0 Å². The topological polar surface area (TPSA) is 20.3 Å². The summed E-state index contributed by atoms with van der Waals surface area (Å²) < 4.78 is 0. The van der Waals surface area contributed by atoms with Crippen LogP contribution in [0.15, 0.2) is 54.8 Å². The van der Waals surface area contributed by atoms with E-state index in [9.17, 15) is 4.79 Å². The van der Waals surface area contributed by atoms with Gasteiger partial charge in [-0.3, -0.25) is 4.79 Å². The molecule has 1 aliphatic heterocycles. The molecular formula is C13H13NO. The minimum atomic E-state index is -0.169. The first kappa shape index (κ1) is 9.71. The standard InChI is InChI=1S/C13H13NO/c1-14-10-6-5-9-12(14)13(15)11-7-3-2-4-8-11/h2-10,12H,1H3. The molecule has 0 spiro atoms. The number of nitrogens with zero attached hydrogens (tertiary/aromatic N) is 1. The van der Waals surface area contributed by atoms with E-state index in [1.165, 1.54) is 0 Å². The first-order valence-corrected chi connectivity index (χ1v) is 4.95. The van der Waals surface area contributed by atoms with Crippen LogP contribution in [0.2, 0.25) is 0 Å². The van der Waals surface area contributed by atoms with Crippen molar-refractivity contribution >= 4 is 5.78 Å². The van der Waals surface area contributed by atoms with Crippen LogP contribution in [0.1, 0.15) is 10.4 Å². The lowest BCUT2D eigenvalue weighted by molar-refractivity contribution is 0.0921. The Kier molecular flexibility index (Phi) is 2.68. The van der Waals surface area contributed by atoms with E-state index in [1.54, 1.807) is 0 Å². The van der Waals surface area contributed by atoms with Crippen molar-refractivity contribution in [2.45, 2.75) is 6.04 Å². The van der Waals surface area contributed by atoms with Gasteiger partial charge in [-0.15, -0.1) is 0 Å². The molecule has 76 valence electrons. The van der Waals surface area contributed by atoms with Crippen molar-refractivity contribution in [3.8, 4) is 0 Å². The first-order chi connectivity index (χ1) is 7.29. The van der Waals surface area contributed by atoms with Crippen LogP contribution in [-0.4, -0.2) is 23.8 Å².